The molecule has 3 heteroatoms. The molecule has 9 aromatic carbocycles. The Hall–Kier alpha value is -6.68. The average Bonchev–Trinajstić information content (AvgIpc) is 3.62. The van der Waals surface area contributed by atoms with Gasteiger partial charge in [0, 0.05) is 31.2 Å². The Kier molecular flexibility index (Phi) is 6.76. The van der Waals surface area contributed by atoms with E-state index in [1.54, 1.807) is 0 Å². The minimum atomic E-state index is 0.836. The SMILES string of the molecule is c1ccc(-c2cccc(-c3cccc(N4c5cc(-c6ccc7sc8c9ccccc9ccc8c7c6)ccc5Oc5c4ccc4ccccc54)c3)c2)cc1. The highest BCUT2D eigenvalue weighted by molar-refractivity contribution is 7.26. The Labute approximate surface area is 311 Å². The number of anilines is 3. The molecule has 0 aliphatic carbocycles. The molecule has 0 radical (unpaired) electrons. The quantitative estimate of drug-likeness (QED) is 0.182. The Balaban J connectivity index is 1.07. The first-order valence-corrected chi connectivity index (χ1v) is 18.8. The third-order valence-corrected chi connectivity index (χ3v) is 11.8. The molecule has 0 unspecified atom stereocenters. The molecule has 0 saturated carbocycles. The lowest BCUT2D eigenvalue weighted by Crippen LogP contribution is -2.16. The van der Waals surface area contributed by atoms with Crippen molar-refractivity contribution in [2.75, 3.05) is 4.90 Å². The minimum Gasteiger partial charge on any atom is -0.452 e. The first kappa shape index (κ1) is 30.0. The lowest BCUT2D eigenvalue weighted by molar-refractivity contribution is 0.482. The smallest absolute Gasteiger partial charge is 0.159 e. The minimum absolute atomic E-state index is 0.836. The molecule has 1 aromatic heterocycles. The van der Waals surface area contributed by atoms with Crippen LogP contribution < -0.4 is 9.64 Å². The summed E-state index contributed by atoms with van der Waals surface area (Å²) in [5, 5.41) is 7.45. The van der Waals surface area contributed by atoms with Crippen LogP contribution in [-0.2, 0) is 0 Å². The molecular weight excluding hydrogens is 663 g/mol. The van der Waals surface area contributed by atoms with Gasteiger partial charge in [-0.3, -0.25) is 0 Å². The molecular formula is C50H31NOS. The molecule has 11 rings (SSSR count). The molecule has 0 bridgehead atoms. The van der Waals surface area contributed by atoms with Crippen LogP contribution in [0.3, 0.4) is 0 Å². The number of hydrogen-bond acceptors (Lipinski definition) is 3. The summed E-state index contributed by atoms with van der Waals surface area (Å²) in [6, 6.07) is 67.9. The van der Waals surface area contributed by atoms with Gasteiger partial charge in [0.1, 0.15) is 0 Å². The molecule has 10 aromatic rings. The van der Waals surface area contributed by atoms with Crippen molar-refractivity contribution in [3.05, 3.63) is 188 Å². The van der Waals surface area contributed by atoms with E-state index in [-0.39, 0.29) is 0 Å². The van der Waals surface area contributed by atoms with Crippen molar-refractivity contribution in [3.63, 3.8) is 0 Å². The zero-order valence-electron chi connectivity index (χ0n) is 28.7. The Bertz CT molecular complexity index is 3050. The van der Waals surface area contributed by atoms with Crippen molar-refractivity contribution in [2.45, 2.75) is 0 Å². The topological polar surface area (TPSA) is 12.5 Å². The normalized spacial score (nSPS) is 12.3. The number of ether oxygens (including phenoxy) is 1. The van der Waals surface area contributed by atoms with Crippen molar-refractivity contribution in [1.29, 1.82) is 0 Å². The van der Waals surface area contributed by atoms with E-state index in [1.165, 1.54) is 53.2 Å². The van der Waals surface area contributed by atoms with Gasteiger partial charge in [-0.15, -0.1) is 11.3 Å². The molecule has 53 heavy (non-hydrogen) atoms. The summed E-state index contributed by atoms with van der Waals surface area (Å²) in [5.41, 5.74) is 10.2. The van der Waals surface area contributed by atoms with E-state index in [0.29, 0.717) is 0 Å². The monoisotopic (exact) mass is 693 g/mol. The van der Waals surface area contributed by atoms with E-state index in [0.717, 1.165) is 50.5 Å². The summed E-state index contributed by atoms with van der Waals surface area (Å²) in [5.74, 6) is 1.71. The van der Waals surface area contributed by atoms with Crippen LogP contribution >= 0.6 is 11.3 Å². The average molecular weight is 694 g/mol. The van der Waals surface area contributed by atoms with Crippen LogP contribution in [0.25, 0.3) is 75.1 Å². The van der Waals surface area contributed by atoms with Gasteiger partial charge in [-0.05, 0) is 98.1 Å². The molecule has 0 fully saturated rings. The van der Waals surface area contributed by atoms with E-state index in [2.05, 4.69) is 193 Å². The van der Waals surface area contributed by atoms with E-state index >= 15 is 0 Å². The van der Waals surface area contributed by atoms with Gasteiger partial charge in [-0.1, -0.05) is 140 Å². The lowest BCUT2D eigenvalue weighted by atomic mass is 9.97. The van der Waals surface area contributed by atoms with Gasteiger partial charge in [0.15, 0.2) is 11.5 Å². The zero-order valence-corrected chi connectivity index (χ0v) is 29.5. The lowest BCUT2D eigenvalue weighted by Gasteiger charge is -2.34. The van der Waals surface area contributed by atoms with Gasteiger partial charge in [0.05, 0.1) is 11.4 Å². The predicted molar refractivity (Wildman–Crippen MR) is 225 cm³/mol. The summed E-state index contributed by atoms with van der Waals surface area (Å²) in [6.07, 6.45) is 0. The first-order chi connectivity index (χ1) is 26.2. The van der Waals surface area contributed by atoms with E-state index < -0.39 is 0 Å². The largest absolute Gasteiger partial charge is 0.452 e. The standard InChI is InChI=1S/C50H31NOS/c1-2-10-32(11-3-1)35-14-8-15-36(28-35)37-16-9-17-40(29-37)51-45-25-21-33-12-4-6-18-41(33)49(45)52-47-26-22-39(31-46(47)51)38-23-27-48-44(30-38)43-24-20-34-13-5-7-19-42(34)50(43)53-48/h1-31H. The van der Waals surface area contributed by atoms with Gasteiger partial charge in [0.25, 0.3) is 0 Å². The van der Waals surface area contributed by atoms with Crippen LogP contribution in [-0.4, -0.2) is 0 Å². The van der Waals surface area contributed by atoms with Gasteiger partial charge >= 0.3 is 0 Å². The molecule has 0 saturated heterocycles. The third-order valence-electron chi connectivity index (χ3n) is 10.6. The van der Waals surface area contributed by atoms with Crippen LogP contribution in [0.5, 0.6) is 11.5 Å². The highest BCUT2D eigenvalue weighted by Gasteiger charge is 2.28. The second kappa shape index (κ2) is 11.9. The Morgan fingerprint density at radius 3 is 1.89 bits per heavy atom. The van der Waals surface area contributed by atoms with E-state index in [1.807, 2.05) is 11.3 Å². The highest BCUT2D eigenvalue weighted by atomic mass is 32.1. The summed E-state index contributed by atoms with van der Waals surface area (Å²) < 4.78 is 9.48. The molecule has 0 atom stereocenters. The van der Waals surface area contributed by atoms with Crippen molar-refractivity contribution < 1.29 is 4.74 Å². The highest BCUT2D eigenvalue weighted by Crippen LogP contribution is 2.54. The van der Waals surface area contributed by atoms with Crippen LogP contribution in [0.1, 0.15) is 0 Å². The van der Waals surface area contributed by atoms with Crippen LogP contribution in [0.2, 0.25) is 0 Å². The van der Waals surface area contributed by atoms with Crippen molar-refractivity contribution >= 4 is 70.1 Å². The van der Waals surface area contributed by atoms with Crippen LogP contribution in [0.4, 0.5) is 17.1 Å². The zero-order chi connectivity index (χ0) is 34.9. The molecule has 248 valence electrons. The van der Waals surface area contributed by atoms with Crippen LogP contribution in [0, 0.1) is 0 Å². The number of fused-ring (bicyclic) bond motifs is 9. The fraction of sp³-hybridized carbons (Fsp3) is 0. The van der Waals surface area contributed by atoms with Crippen LogP contribution in [0.15, 0.2) is 188 Å². The fourth-order valence-corrected chi connectivity index (χ4v) is 9.23. The Morgan fingerprint density at radius 1 is 0.377 bits per heavy atom. The second-order valence-corrected chi connectivity index (χ2v) is 14.8. The molecule has 2 heterocycles. The number of nitrogens with zero attached hydrogens (tertiary/aromatic N) is 1. The van der Waals surface area contributed by atoms with E-state index in [4.69, 9.17) is 4.74 Å². The van der Waals surface area contributed by atoms with Crippen molar-refractivity contribution in [3.8, 4) is 44.9 Å². The molecule has 0 N–H and O–H groups in total. The molecule has 0 spiro atoms. The molecule has 2 nitrogen and oxygen atoms in total. The second-order valence-electron chi connectivity index (χ2n) is 13.7. The van der Waals surface area contributed by atoms with Gasteiger partial charge in [0.2, 0.25) is 0 Å². The summed E-state index contributed by atoms with van der Waals surface area (Å²) in [4.78, 5) is 2.37. The van der Waals surface area contributed by atoms with E-state index in [9.17, 15) is 0 Å². The maximum atomic E-state index is 6.83. The summed E-state index contributed by atoms with van der Waals surface area (Å²) in [7, 11) is 0. The summed E-state index contributed by atoms with van der Waals surface area (Å²) in [6.45, 7) is 0. The summed E-state index contributed by atoms with van der Waals surface area (Å²) >= 11 is 1.88. The molecule has 0 amide bonds. The number of rotatable bonds is 4. The van der Waals surface area contributed by atoms with Gasteiger partial charge in [-0.2, -0.15) is 0 Å². The number of hydrogen-bond donors (Lipinski definition) is 0. The molecule has 1 aliphatic heterocycles. The third kappa shape index (κ3) is 4.93. The van der Waals surface area contributed by atoms with Gasteiger partial charge < -0.3 is 9.64 Å². The first-order valence-electron chi connectivity index (χ1n) is 18.0. The number of thiophene rings is 1. The Morgan fingerprint density at radius 2 is 1.02 bits per heavy atom. The maximum Gasteiger partial charge on any atom is 0.159 e. The predicted octanol–water partition coefficient (Wildman–Crippen LogP) is 14.9. The maximum absolute atomic E-state index is 6.83. The van der Waals surface area contributed by atoms with Gasteiger partial charge in [-0.25, -0.2) is 0 Å². The molecule has 1 aliphatic rings. The van der Waals surface area contributed by atoms with Crippen molar-refractivity contribution in [2.24, 2.45) is 0 Å². The number of benzene rings is 9. The van der Waals surface area contributed by atoms with Crippen molar-refractivity contribution in [1.82, 2.24) is 0 Å². The fourth-order valence-electron chi connectivity index (χ4n) is 8.01.